The molecule has 0 radical (unpaired) electrons. The summed E-state index contributed by atoms with van der Waals surface area (Å²) in [4.78, 5) is 0. The molecular weight excluding hydrogens is 184 g/mol. The van der Waals surface area contributed by atoms with Crippen molar-refractivity contribution >= 4 is 0 Å². The van der Waals surface area contributed by atoms with Gasteiger partial charge in [-0.15, -0.1) is 0 Å². The lowest BCUT2D eigenvalue weighted by Gasteiger charge is -2.20. The second kappa shape index (κ2) is 6.69. The average molecular weight is 208 g/mol. The molecule has 1 nitrogen and oxygen atoms in total. The molecule has 0 rings (SSSR count). The van der Waals surface area contributed by atoms with Gasteiger partial charge in [0, 0.05) is 6.42 Å². The Labute approximate surface area is 94.6 Å². The average Bonchev–Trinajstić information content (AvgIpc) is 2.01. The number of hydrogen-bond acceptors (Lipinski definition) is 1. The largest absolute Gasteiger partial charge is 0.389 e. The van der Waals surface area contributed by atoms with Crippen LogP contribution in [0.5, 0.6) is 0 Å². The van der Waals surface area contributed by atoms with E-state index >= 15 is 0 Å². The molecule has 1 atom stereocenters. The van der Waals surface area contributed by atoms with Gasteiger partial charge in [0.05, 0.1) is 5.60 Å². The molecule has 0 saturated carbocycles. The first kappa shape index (κ1) is 14.3. The minimum Gasteiger partial charge on any atom is -0.389 e. The van der Waals surface area contributed by atoms with Crippen LogP contribution >= 0.6 is 0 Å². The van der Waals surface area contributed by atoms with Crippen LogP contribution in [0.2, 0.25) is 0 Å². The SMILES string of the molecule is C=C(C)C#CCC(C)(O)CCCC(C)C. The molecule has 0 bridgehead atoms. The summed E-state index contributed by atoms with van der Waals surface area (Å²) in [7, 11) is 0. The topological polar surface area (TPSA) is 20.2 Å². The summed E-state index contributed by atoms with van der Waals surface area (Å²) in [5.74, 6) is 6.57. The molecule has 0 aliphatic heterocycles. The molecule has 1 heteroatoms. The molecule has 0 aromatic rings. The quantitative estimate of drug-likeness (QED) is 0.685. The number of aliphatic hydroxyl groups is 1. The molecule has 0 fully saturated rings. The Hall–Kier alpha value is -0.740. The number of hydrogen-bond donors (Lipinski definition) is 1. The molecule has 0 aliphatic carbocycles. The van der Waals surface area contributed by atoms with Crippen molar-refractivity contribution in [2.45, 2.75) is 59.0 Å². The summed E-state index contributed by atoms with van der Waals surface area (Å²) in [5.41, 5.74) is 0.213. The van der Waals surface area contributed by atoms with Crippen LogP contribution in [0.4, 0.5) is 0 Å². The fraction of sp³-hybridized carbons (Fsp3) is 0.714. The maximum atomic E-state index is 10.0. The molecule has 0 aliphatic rings. The van der Waals surface area contributed by atoms with Gasteiger partial charge in [-0.3, -0.25) is 0 Å². The highest BCUT2D eigenvalue weighted by molar-refractivity contribution is 5.23. The van der Waals surface area contributed by atoms with Gasteiger partial charge >= 0.3 is 0 Å². The first-order valence-corrected chi connectivity index (χ1v) is 5.70. The second-order valence-corrected chi connectivity index (χ2v) is 5.04. The predicted octanol–water partition coefficient (Wildman–Crippen LogP) is 3.53. The number of rotatable bonds is 5. The van der Waals surface area contributed by atoms with Gasteiger partial charge < -0.3 is 5.11 Å². The lowest BCUT2D eigenvalue weighted by Crippen LogP contribution is -2.23. The third-order valence-corrected chi connectivity index (χ3v) is 2.27. The second-order valence-electron chi connectivity index (χ2n) is 5.04. The van der Waals surface area contributed by atoms with Gasteiger partial charge in [-0.2, -0.15) is 0 Å². The van der Waals surface area contributed by atoms with E-state index in [1.165, 1.54) is 6.42 Å². The van der Waals surface area contributed by atoms with E-state index < -0.39 is 5.60 Å². The van der Waals surface area contributed by atoms with Crippen LogP contribution < -0.4 is 0 Å². The predicted molar refractivity (Wildman–Crippen MR) is 66.5 cm³/mol. The summed E-state index contributed by atoms with van der Waals surface area (Å²) < 4.78 is 0. The molecule has 0 heterocycles. The Kier molecular flexibility index (Phi) is 6.36. The van der Waals surface area contributed by atoms with Crippen molar-refractivity contribution in [2.75, 3.05) is 0 Å². The van der Waals surface area contributed by atoms with Crippen LogP contribution in [-0.4, -0.2) is 10.7 Å². The Morgan fingerprint density at radius 1 is 1.47 bits per heavy atom. The summed E-state index contributed by atoms with van der Waals surface area (Å²) in [5, 5.41) is 10.0. The standard InChI is InChI=1S/C14H24O/c1-12(2)8-6-10-14(5,15)11-7-9-13(3)4/h13,15H,1,7,9-11H2,2-5H3. The molecule has 0 aromatic heterocycles. The van der Waals surface area contributed by atoms with Gasteiger partial charge in [0.2, 0.25) is 0 Å². The summed E-state index contributed by atoms with van der Waals surface area (Å²) >= 11 is 0. The lowest BCUT2D eigenvalue weighted by atomic mass is 9.93. The first-order chi connectivity index (χ1) is 6.83. The Morgan fingerprint density at radius 3 is 2.53 bits per heavy atom. The van der Waals surface area contributed by atoms with E-state index in [1.807, 2.05) is 13.8 Å². The third-order valence-electron chi connectivity index (χ3n) is 2.27. The smallest absolute Gasteiger partial charge is 0.0728 e. The van der Waals surface area contributed by atoms with Crippen LogP contribution in [0.25, 0.3) is 0 Å². The molecule has 0 spiro atoms. The molecule has 0 saturated heterocycles. The highest BCUT2D eigenvalue weighted by Gasteiger charge is 2.18. The summed E-state index contributed by atoms with van der Waals surface area (Å²) in [6.07, 6.45) is 3.61. The molecular formula is C14H24O. The van der Waals surface area contributed by atoms with Crippen LogP contribution in [0.3, 0.4) is 0 Å². The molecule has 1 unspecified atom stereocenters. The van der Waals surface area contributed by atoms with Crippen LogP contribution in [0.1, 0.15) is 53.4 Å². The highest BCUT2D eigenvalue weighted by Crippen LogP contribution is 2.19. The van der Waals surface area contributed by atoms with Crippen molar-refractivity contribution in [3.63, 3.8) is 0 Å². The van der Waals surface area contributed by atoms with Crippen molar-refractivity contribution in [1.29, 1.82) is 0 Å². The normalized spacial score (nSPS) is 14.3. The van der Waals surface area contributed by atoms with Crippen molar-refractivity contribution in [1.82, 2.24) is 0 Å². The molecule has 0 aromatic carbocycles. The third kappa shape index (κ3) is 9.56. The summed E-state index contributed by atoms with van der Waals surface area (Å²) in [6, 6.07) is 0. The van der Waals surface area contributed by atoms with E-state index in [1.54, 1.807) is 0 Å². The van der Waals surface area contributed by atoms with Crippen LogP contribution in [0.15, 0.2) is 12.2 Å². The van der Waals surface area contributed by atoms with Crippen LogP contribution in [-0.2, 0) is 0 Å². The Bertz CT molecular complexity index is 250. The van der Waals surface area contributed by atoms with Gasteiger partial charge in [-0.25, -0.2) is 0 Å². The zero-order valence-corrected chi connectivity index (χ0v) is 10.6. The minimum absolute atomic E-state index is 0.540. The maximum Gasteiger partial charge on any atom is 0.0728 e. The van der Waals surface area contributed by atoms with E-state index in [9.17, 15) is 5.11 Å². The van der Waals surface area contributed by atoms with Gasteiger partial charge in [-0.05, 0) is 31.8 Å². The number of allylic oxidation sites excluding steroid dienone is 1. The monoisotopic (exact) mass is 208 g/mol. The Morgan fingerprint density at radius 2 is 2.07 bits per heavy atom. The zero-order chi connectivity index (χ0) is 11.9. The van der Waals surface area contributed by atoms with Crippen LogP contribution in [0, 0.1) is 17.8 Å². The summed E-state index contributed by atoms with van der Waals surface area (Å²) in [6.45, 7) is 11.8. The van der Waals surface area contributed by atoms with E-state index in [0.717, 1.165) is 18.4 Å². The van der Waals surface area contributed by atoms with Gasteiger partial charge in [-0.1, -0.05) is 45.1 Å². The molecule has 1 N–H and O–H groups in total. The van der Waals surface area contributed by atoms with E-state index in [2.05, 4.69) is 32.3 Å². The van der Waals surface area contributed by atoms with Crippen molar-refractivity contribution < 1.29 is 5.11 Å². The minimum atomic E-state index is -0.642. The van der Waals surface area contributed by atoms with E-state index in [-0.39, 0.29) is 0 Å². The van der Waals surface area contributed by atoms with Gasteiger partial charge in [0.15, 0.2) is 0 Å². The van der Waals surface area contributed by atoms with Crippen molar-refractivity contribution in [3.8, 4) is 11.8 Å². The first-order valence-electron chi connectivity index (χ1n) is 5.70. The zero-order valence-electron chi connectivity index (χ0n) is 10.6. The molecule has 0 amide bonds. The lowest BCUT2D eigenvalue weighted by molar-refractivity contribution is 0.0527. The van der Waals surface area contributed by atoms with E-state index in [0.29, 0.717) is 12.3 Å². The van der Waals surface area contributed by atoms with Crippen molar-refractivity contribution in [3.05, 3.63) is 12.2 Å². The fourth-order valence-electron chi connectivity index (χ4n) is 1.37. The Balaban J connectivity index is 3.88. The van der Waals surface area contributed by atoms with Gasteiger partial charge in [0.1, 0.15) is 0 Å². The van der Waals surface area contributed by atoms with Gasteiger partial charge in [0.25, 0.3) is 0 Å². The highest BCUT2D eigenvalue weighted by atomic mass is 16.3. The molecule has 15 heavy (non-hydrogen) atoms. The van der Waals surface area contributed by atoms with Crippen molar-refractivity contribution in [2.24, 2.45) is 5.92 Å². The fourth-order valence-corrected chi connectivity index (χ4v) is 1.37. The maximum absolute atomic E-state index is 10.0. The molecule has 86 valence electrons. The van der Waals surface area contributed by atoms with E-state index in [4.69, 9.17) is 0 Å².